The Morgan fingerprint density at radius 2 is 2.55 bits per heavy atom. The molecule has 1 heterocycles. The Bertz CT molecular complexity index is 218. The highest BCUT2D eigenvalue weighted by Crippen LogP contribution is 2.07. The number of allylic oxidation sites excluding steroid dienone is 2. The van der Waals surface area contributed by atoms with Crippen LogP contribution in [0.15, 0.2) is 23.9 Å². The highest BCUT2D eigenvalue weighted by atomic mass is 16.1. The first-order valence-electron chi connectivity index (χ1n) is 3.67. The van der Waals surface area contributed by atoms with Crippen molar-refractivity contribution in [1.29, 1.82) is 0 Å². The van der Waals surface area contributed by atoms with Crippen LogP contribution in [0.2, 0.25) is 0 Å². The van der Waals surface area contributed by atoms with Crippen molar-refractivity contribution in [3.8, 4) is 0 Å². The van der Waals surface area contributed by atoms with Crippen LogP contribution < -0.4 is 5.73 Å². The predicted molar refractivity (Wildman–Crippen MR) is 43.7 cm³/mol. The van der Waals surface area contributed by atoms with E-state index in [2.05, 4.69) is 0 Å². The molecule has 60 valence electrons. The Labute approximate surface area is 66.2 Å². The lowest BCUT2D eigenvalue weighted by molar-refractivity contribution is -0.116. The maximum Gasteiger partial charge on any atom is 0.264 e. The van der Waals surface area contributed by atoms with Gasteiger partial charge in [-0.3, -0.25) is 4.79 Å². The number of nitrogens with two attached hydrogens (primary N) is 1. The second-order valence-corrected chi connectivity index (χ2v) is 2.38. The Hall–Kier alpha value is -1.25. The lowest BCUT2D eigenvalue weighted by Gasteiger charge is -2.24. The van der Waals surface area contributed by atoms with Gasteiger partial charge in [0.1, 0.15) is 5.70 Å². The van der Waals surface area contributed by atoms with E-state index in [1.807, 2.05) is 24.0 Å². The summed E-state index contributed by atoms with van der Waals surface area (Å²) in [5.74, 6) is -0.351. The molecule has 0 saturated carbocycles. The molecule has 0 spiro atoms. The molecule has 0 aromatic carbocycles. The summed E-state index contributed by atoms with van der Waals surface area (Å²) in [7, 11) is 0. The zero-order chi connectivity index (χ0) is 8.27. The lowest BCUT2D eigenvalue weighted by atomic mass is 10.2. The molecule has 0 aromatic rings. The summed E-state index contributed by atoms with van der Waals surface area (Å²) in [6.07, 6.45) is 5.59. The molecule has 1 aliphatic heterocycles. The summed E-state index contributed by atoms with van der Waals surface area (Å²) in [5, 5.41) is 0. The molecule has 11 heavy (non-hydrogen) atoms. The van der Waals surface area contributed by atoms with Crippen molar-refractivity contribution in [3.05, 3.63) is 23.9 Å². The maximum atomic E-state index is 10.8. The van der Waals surface area contributed by atoms with E-state index in [1.165, 1.54) is 0 Å². The Kier molecular flexibility index (Phi) is 2.31. The zero-order valence-electron chi connectivity index (χ0n) is 6.58. The number of carbonyl (C=O) groups excluding carboxylic acids is 1. The minimum Gasteiger partial charge on any atom is -0.364 e. The minimum absolute atomic E-state index is 0.351. The van der Waals surface area contributed by atoms with E-state index in [0.29, 0.717) is 5.70 Å². The number of rotatable bonds is 2. The van der Waals surface area contributed by atoms with E-state index in [4.69, 9.17) is 5.73 Å². The van der Waals surface area contributed by atoms with Crippen molar-refractivity contribution < 1.29 is 4.79 Å². The second kappa shape index (κ2) is 3.23. The summed E-state index contributed by atoms with van der Waals surface area (Å²) in [6.45, 7) is 3.60. The first-order valence-corrected chi connectivity index (χ1v) is 3.67. The van der Waals surface area contributed by atoms with Crippen LogP contribution in [0, 0.1) is 0 Å². The van der Waals surface area contributed by atoms with Crippen molar-refractivity contribution in [3.63, 3.8) is 0 Å². The van der Waals surface area contributed by atoms with Gasteiger partial charge in [-0.25, -0.2) is 0 Å². The monoisotopic (exact) mass is 152 g/mol. The topological polar surface area (TPSA) is 46.3 Å². The molecule has 2 N–H and O–H groups in total. The van der Waals surface area contributed by atoms with Crippen molar-refractivity contribution in [2.24, 2.45) is 5.73 Å². The molecule has 1 rings (SSSR count). The Balaban J connectivity index is 2.78. The second-order valence-electron chi connectivity index (χ2n) is 2.38. The van der Waals surface area contributed by atoms with Gasteiger partial charge < -0.3 is 10.6 Å². The third-order valence-corrected chi connectivity index (χ3v) is 1.69. The molecule has 0 aromatic heterocycles. The number of hydrogen-bond acceptors (Lipinski definition) is 2. The summed E-state index contributed by atoms with van der Waals surface area (Å²) < 4.78 is 0. The summed E-state index contributed by atoms with van der Waals surface area (Å²) in [4.78, 5) is 12.7. The molecular weight excluding hydrogens is 140 g/mol. The zero-order valence-corrected chi connectivity index (χ0v) is 6.58. The fraction of sp³-hybridized carbons (Fsp3) is 0.375. The smallest absolute Gasteiger partial charge is 0.264 e. The van der Waals surface area contributed by atoms with Crippen molar-refractivity contribution in [2.45, 2.75) is 6.92 Å². The summed E-state index contributed by atoms with van der Waals surface area (Å²) in [6, 6.07) is 0. The average Bonchev–Trinajstić information content (AvgIpc) is 2.04. The maximum absolute atomic E-state index is 10.8. The van der Waals surface area contributed by atoms with Crippen LogP contribution >= 0.6 is 0 Å². The van der Waals surface area contributed by atoms with Crippen molar-refractivity contribution in [1.82, 2.24) is 4.90 Å². The average molecular weight is 152 g/mol. The van der Waals surface area contributed by atoms with Crippen molar-refractivity contribution in [2.75, 3.05) is 13.1 Å². The highest BCUT2D eigenvalue weighted by molar-refractivity contribution is 5.91. The van der Waals surface area contributed by atoms with Gasteiger partial charge in [0.05, 0.1) is 0 Å². The van der Waals surface area contributed by atoms with Crippen molar-refractivity contribution >= 4 is 5.91 Å². The van der Waals surface area contributed by atoms with Crippen LogP contribution in [-0.2, 0) is 4.79 Å². The molecule has 1 amide bonds. The number of amides is 1. The highest BCUT2D eigenvalue weighted by Gasteiger charge is 2.12. The number of nitrogens with zero attached hydrogens (tertiary/aromatic N) is 1. The SMILES string of the molecule is CCN1CC=CC=C1C(N)=O. The number of likely N-dealkylation sites (N-methyl/N-ethyl adjacent to an activating group) is 1. The van der Waals surface area contributed by atoms with E-state index < -0.39 is 0 Å². The molecule has 0 radical (unpaired) electrons. The van der Waals surface area contributed by atoms with Crippen LogP contribution in [0.4, 0.5) is 0 Å². The van der Waals surface area contributed by atoms with Crippen LogP contribution in [-0.4, -0.2) is 23.9 Å². The molecule has 0 aliphatic carbocycles. The van der Waals surface area contributed by atoms with E-state index in [0.717, 1.165) is 13.1 Å². The first-order chi connectivity index (χ1) is 5.25. The van der Waals surface area contributed by atoms with Gasteiger partial charge in [-0.1, -0.05) is 12.2 Å². The van der Waals surface area contributed by atoms with Crippen LogP contribution in [0.1, 0.15) is 6.92 Å². The van der Waals surface area contributed by atoms with Gasteiger partial charge in [-0.2, -0.15) is 0 Å². The largest absolute Gasteiger partial charge is 0.364 e. The molecule has 0 atom stereocenters. The number of primary amides is 1. The summed E-state index contributed by atoms with van der Waals surface area (Å²) >= 11 is 0. The number of carbonyl (C=O) groups is 1. The lowest BCUT2D eigenvalue weighted by Crippen LogP contribution is -2.32. The molecule has 0 bridgehead atoms. The van der Waals surface area contributed by atoms with Gasteiger partial charge >= 0.3 is 0 Å². The van der Waals surface area contributed by atoms with E-state index in [9.17, 15) is 4.79 Å². The van der Waals surface area contributed by atoms with Gasteiger partial charge in [-0.05, 0) is 13.0 Å². The summed E-state index contributed by atoms with van der Waals surface area (Å²) in [5.41, 5.74) is 5.76. The van der Waals surface area contributed by atoms with Gasteiger partial charge in [-0.15, -0.1) is 0 Å². The fourth-order valence-electron chi connectivity index (χ4n) is 1.09. The van der Waals surface area contributed by atoms with E-state index in [-0.39, 0.29) is 5.91 Å². The van der Waals surface area contributed by atoms with Gasteiger partial charge in [0.15, 0.2) is 0 Å². The molecular formula is C8H12N2O. The molecule has 0 saturated heterocycles. The molecule has 1 aliphatic rings. The Morgan fingerprint density at radius 1 is 1.82 bits per heavy atom. The fourth-order valence-corrected chi connectivity index (χ4v) is 1.09. The van der Waals surface area contributed by atoms with Crippen LogP contribution in [0.25, 0.3) is 0 Å². The van der Waals surface area contributed by atoms with Gasteiger partial charge in [0.25, 0.3) is 5.91 Å². The normalized spacial score (nSPS) is 16.5. The number of hydrogen-bond donors (Lipinski definition) is 1. The van der Waals surface area contributed by atoms with E-state index in [1.54, 1.807) is 6.08 Å². The molecule has 0 unspecified atom stereocenters. The third kappa shape index (κ3) is 1.61. The standard InChI is InChI=1S/C8H12N2O/c1-2-10-6-4-3-5-7(10)8(9)11/h3-5H,2,6H2,1H3,(H2,9,11). The quantitative estimate of drug-likeness (QED) is 0.616. The predicted octanol–water partition coefficient (Wildman–Crippen LogP) is 0.247. The van der Waals surface area contributed by atoms with Gasteiger partial charge in [0.2, 0.25) is 0 Å². The molecule has 0 fully saturated rings. The first kappa shape index (κ1) is 7.85. The Morgan fingerprint density at radius 3 is 3.00 bits per heavy atom. The van der Waals surface area contributed by atoms with Gasteiger partial charge in [0, 0.05) is 13.1 Å². The third-order valence-electron chi connectivity index (χ3n) is 1.69. The van der Waals surface area contributed by atoms with Crippen LogP contribution in [0.5, 0.6) is 0 Å². The van der Waals surface area contributed by atoms with E-state index >= 15 is 0 Å². The molecule has 3 nitrogen and oxygen atoms in total. The molecule has 3 heteroatoms. The van der Waals surface area contributed by atoms with Crippen LogP contribution in [0.3, 0.4) is 0 Å². The minimum atomic E-state index is -0.351.